The van der Waals surface area contributed by atoms with Gasteiger partial charge in [-0.1, -0.05) is 30.3 Å². The number of nitrogen functional groups attached to an aromatic ring is 1. The van der Waals surface area contributed by atoms with Crippen LogP contribution in [0.4, 0.5) is 5.69 Å². The Morgan fingerprint density at radius 1 is 1.08 bits per heavy atom. The van der Waals surface area contributed by atoms with Crippen LogP contribution in [0.1, 0.15) is 15.9 Å². The van der Waals surface area contributed by atoms with Crippen molar-refractivity contribution in [3.63, 3.8) is 0 Å². The largest absolute Gasteiger partial charge is 0.399 e. The molecule has 0 aliphatic carbocycles. The minimum Gasteiger partial charge on any atom is -0.399 e. The van der Waals surface area contributed by atoms with Crippen molar-refractivity contribution in [2.24, 2.45) is 0 Å². The number of amides is 1. The zero-order valence-electron chi connectivity index (χ0n) is 13.2. The number of para-hydroxylation sites is 1. The molecule has 24 heavy (non-hydrogen) atoms. The molecule has 0 unspecified atom stereocenters. The van der Waals surface area contributed by atoms with Crippen LogP contribution in [0.5, 0.6) is 0 Å². The molecule has 0 atom stereocenters. The van der Waals surface area contributed by atoms with Gasteiger partial charge in [0.15, 0.2) is 0 Å². The van der Waals surface area contributed by atoms with Crippen LogP contribution in [0.2, 0.25) is 0 Å². The summed E-state index contributed by atoms with van der Waals surface area (Å²) in [5.41, 5.74) is 8.55. The second kappa shape index (κ2) is 7.10. The molecular weight excluding hydrogens is 302 g/mol. The number of hydrogen-bond donors (Lipinski definition) is 2. The minimum absolute atomic E-state index is 0.0983. The van der Waals surface area contributed by atoms with Crippen molar-refractivity contribution in [1.29, 1.82) is 0 Å². The monoisotopic (exact) mass is 321 g/mol. The van der Waals surface area contributed by atoms with Crippen molar-refractivity contribution >= 4 is 22.5 Å². The van der Waals surface area contributed by atoms with Gasteiger partial charge in [0.05, 0.1) is 17.7 Å². The Balaban J connectivity index is 1.92. The van der Waals surface area contributed by atoms with Gasteiger partial charge in [0.2, 0.25) is 0 Å². The predicted octanol–water partition coefficient (Wildman–Crippen LogP) is 2.45. The van der Waals surface area contributed by atoms with Crippen molar-refractivity contribution in [1.82, 2.24) is 9.88 Å². The number of aliphatic hydroxyl groups is 1. The lowest BCUT2D eigenvalue weighted by Gasteiger charge is -2.22. The van der Waals surface area contributed by atoms with Crippen molar-refractivity contribution in [2.45, 2.75) is 6.54 Å². The minimum atomic E-state index is -0.148. The summed E-state index contributed by atoms with van der Waals surface area (Å²) in [7, 11) is 0. The molecule has 0 saturated heterocycles. The number of anilines is 1. The number of benzene rings is 2. The van der Waals surface area contributed by atoms with Crippen LogP contribution in [0.15, 0.2) is 60.8 Å². The van der Waals surface area contributed by atoms with E-state index in [1.165, 1.54) is 0 Å². The third kappa shape index (κ3) is 3.36. The van der Waals surface area contributed by atoms with E-state index in [2.05, 4.69) is 4.98 Å². The predicted molar refractivity (Wildman–Crippen MR) is 94.4 cm³/mol. The van der Waals surface area contributed by atoms with Crippen molar-refractivity contribution in [3.8, 4) is 0 Å². The van der Waals surface area contributed by atoms with Gasteiger partial charge >= 0.3 is 0 Å². The number of hydrogen-bond acceptors (Lipinski definition) is 4. The van der Waals surface area contributed by atoms with Gasteiger partial charge in [0, 0.05) is 30.4 Å². The highest BCUT2D eigenvalue weighted by molar-refractivity contribution is 6.05. The number of aromatic nitrogens is 1. The molecule has 5 heteroatoms. The molecule has 0 bridgehead atoms. The molecule has 122 valence electrons. The highest BCUT2D eigenvalue weighted by atomic mass is 16.3. The molecule has 0 saturated carbocycles. The van der Waals surface area contributed by atoms with E-state index < -0.39 is 0 Å². The Hall–Kier alpha value is -2.92. The number of nitrogens with zero attached hydrogens (tertiary/aromatic N) is 2. The Labute approximate surface area is 140 Å². The van der Waals surface area contributed by atoms with E-state index in [-0.39, 0.29) is 19.1 Å². The molecular formula is C19H19N3O2. The van der Waals surface area contributed by atoms with Crippen LogP contribution >= 0.6 is 0 Å². The molecule has 0 aliphatic rings. The molecule has 1 aromatic heterocycles. The maximum absolute atomic E-state index is 13.0. The van der Waals surface area contributed by atoms with Crippen LogP contribution in [-0.4, -0.2) is 34.0 Å². The summed E-state index contributed by atoms with van der Waals surface area (Å²) in [4.78, 5) is 18.9. The fourth-order valence-electron chi connectivity index (χ4n) is 2.66. The first-order chi connectivity index (χ1) is 11.7. The molecule has 2 aromatic carbocycles. The Kier molecular flexibility index (Phi) is 4.72. The molecule has 3 N–H and O–H groups in total. The number of nitrogens with two attached hydrogens (primary N) is 1. The van der Waals surface area contributed by atoms with Gasteiger partial charge in [-0.05, 0) is 29.8 Å². The number of fused-ring (bicyclic) bond motifs is 1. The number of pyridine rings is 1. The Bertz CT molecular complexity index is 841. The second-order valence-electron chi connectivity index (χ2n) is 5.57. The molecule has 5 nitrogen and oxygen atoms in total. The van der Waals surface area contributed by atoms with Crippen molar-refractivity contribution in [2.75, 3.05) is 18.9 Å². The third-order valence-corrected chi connectivity index (χ3v) is 3.87. The van der Waals surface area contributed by atoms with Gasteiger partial charge in [-0.3, -0.25) is 9.78 Å². The smallest absolute Gasteiger partial charge is 0.256 e. The topological polar surface area (TPSA) is 79.5 Å². The van der Waals surface area contributed by atoms with E-state index in [0.717, 1.165) is 10.9 Å². The van der Waals surface area contributed by atoms with E-state index >= 15 is 0 Å². The zero-order valence-corrected chi connectivity index (χ0v) is 13.2. The Morgan fingerprint density at radius 3 is 2.58 bits per heavy atom. The maximum atomic E-state index is 13.0. The summed E-state index contributed by atoms with van der Waals surface area (Å²) in [6.07, 6.45) is 1.68. The third-order valence-electron chi connectivity index (χ3n) is 3.87. The summed E-state index contributed by atoms with van der Waals surface area (Å²) in [5.74, 6) is -0.148. The van der Waals surface area contributed by atoms with E-state index in [9.17, 15) is 9.90 Å². The Morgan fingerprint density at radius 2 is 1.83 bits per heavy atom. The van der Waals surface area contributed by atoms with Crippen molar-refractivity contribution in [3.05, 3.63) is 71.9 Å². The summed E-state index contributed by atoms with van der Waals surface area (Å²) in [6, 6.07) is 16.7. The summed E-state index contributed by atoms with van der Waals surface area (Å²) < 4.78 is 0. The zero-order chi connectivity index (χ0) is 16.9. The van der Waals surface area contributed by atoms with Gasteiger partial charge < -0.3 is 15.7 Å². The fourth-order valence-corrected chi connectivity index (χ4v) is 2.66. The standard InChI is InChI=1S/C19H19N3O2/c20-16-8-6-14(7-9-16)13-22(11-12-23)19(24)17-5-1-3-15-4-2-10-21-18(15)17/h1-10,23H,11-13,20H2. The average molecular weight is 321 g/mol. The molecule has 1 heterocycles. The maximum Gasteiger partial charge on any atom is 0.256 e. The normalized spacial score (nSPS) is 10.7. The second-order valence-corrected chi connectivity index (χ2v) is 5.57. The van der Waals surface area contributed by atoms with E-state index in [4.69, 9.17) is 5.73 Å². The number of aliphatic hydroxyl groups excluding tert-OH is 1. The van der Waals surface area contributed by atoms with E-state index in [1.807, 2.05) is 36.4 Å². The lowest BCUT2D eigenvalue weighted by atomic mass is 10.1. The molecule has 0 spiro atoms. The van der Waals surface area contributed by atoms with Crippen LogP contribution in [-0.2, 0) is 6.54 Å². The summed E-state index contributed by atoms with van der Waals surface area (Å²) >= 11 is 0. The van der Waals surface area contributed by atoms with Crippen LogP contribution in [0, 0.1) is 0 Å². The molecule has 0 radical (unpaired) electrons. The quantitative estimate of drug-likeness (QED) is 0.708. The van der Waals surface area contributed by atoms with Crippen molar-refractivity contribution < 1.29 is 9.90 Å². The van der Waals surface area contributed by atoms with Gasteiger partial charge in [0.25, 0.3) is 5.91 Å². The van der Waals surface area contributed by atoms with Crippen LogP contribution in [0.25, 0.3) is 10.9 Å². The van der Waals surface area contributed by atoms with Crippen LogP contribution < -0.4 is 5.73 Å². The van der Waals surface area contributed by atoms with Gasteiger partial charge in [-0.2, -0.15) is 0 Å². The lowest BCUT2D eigenvalue weighted by molar-refractivity contribution is 0.0709. The molecule has 0 fully saturated rings. The van der Waals surface area contributed by atoms with E-state index in [1.54, 1.807) is 29.3 Å². The number of carbonyl (C=O) groups is 1. The fraction of sp³-hybridized carbons (Fsp3) is 0.158. The lowest BCUT2D eigenvalue weighted by Crippen LogP contribution is -2.33. The number of rotatable bonds is 5. The highest BCUT2D eigenvalue weighted by Crippen LogP contribution is 2.19. The summed E-state index contributed by atoms with van der Waals surface area (Å²) in [6.45, 7) is 0.564. The van der Waals surface area contributed by atoms with Gasteiger partial charge in [-0.15, -0.1) is 0 Å². The average Bonchev–Trinajstić information content (AvgIpc) is 2.62. The first-order valence-corrected chi connectivity index (χ1v) is 7.77. The van der Waals surface area contributed by atoms with Gasteiger partial charge in [-0.25, -0.2) is 0 Å². The van der Waals surface area contributed by atoms with Crippen LogP contribution in [0.3, 0.4) is 0 Å². The molecule has 1 amide bonds. The molecule has 3 aromatic rings. The molecule has 3 rings (SSSR count). The summed E-state index contributed by atoms with van der Waals surface area (Å²) in [5, 5.41) is 10.3. The first kappa shape index (κ1) is 16.0. The first-order valence-electron chi connectivity index (χ1n) is 7.77. The van der Waals surface area contributed by atoms with E-state index in [0.29, 0.717) is 23.3 Å². The molecule has 0 aliphatic heterocycles. The van der Waals surface area contributed by atoms with Gasteiger partial charge in [0.1, 0.15) is 0 Å². The highest BCUT2D eigenvalue weighted by Gasteiger charge is 2.18. The number of carbonyl (C=O) groups excluding carboxylic acids is 1. The SMILES string of the molecule is Nc1ccc(CN(CCO)C(=O)c2cccc3cccnc23)cc1.